The quantitative estimate of drug-likeness (QED) is 0.579. The van der Waals surface area contributed by atoms with Crippen LogP contribution in [0, 0.1) is 0 Å². The molecule has 0 radical (unpaired) electrons. The highest BCUT2D eigenvalue weighted by molar-refractivity contribution is 5.79. The smallest absolute Gasteiger partial charge is 0.339 e. The molecule has 0 spiro atoms. The van der Waals surface area contributed by atoms with E-state index in [1.807, 2.05) is 0 Å². The predicted octanol–water partition coefficient (Wildman–Crippen LogP) is -0.208. The first-order valence-corrected chi connectivity index (χ1v) is 4.20. The average Bonchev–Trinajstić information content (AvgIpc) is 1.96. The van der Waals surface area contributed by atoms with E-state index in [1.165, 1.54) is 6.92 Å². The summed E-state index contributed by atoms with van der Waals surface area (Å²) in [6.45, 7) is 1.27. The van der Waals surface area contributed by atoms with Crippen molar-refractivity contribution in [3.05, 3.63) is 0 Å². The zero-order valence-electron chi connectivity index (χ0n) is 7.25. The summed E-state index contributed by atoms with van der Waals surface area (Å²) in [4.78, 5) is 11.1. The van der Waals surface area contributed by atoms with Gasteiger partial charge >= 0.3 is 5.97 Å². The predicted molar refractivity (Wildman–Crippen MR) is 43.4 cm³/mol. The first-order valence-electron chi connectivity index (χ1n) is 4.20. The second kappa shape index (κ2) is 3.41. The van der Waals surface area contributed by atoms with Crippen LogP contribution in [0.1, 0.15) is 26.2 Å². The molecule has 4 nitrogen and oxygen atoms in total. The first-order chi connectivity index (χ1) is 5.56. The maximum Gasteiger partial charge on any atom is 0.339 e. The number of rotatable bonds is 3. The number of carbonyl (C=O) groups excluding carboxylic acids is 1. The van der Waals surface area contributed by atoms with Gasteiger partial charge in [0.05, 0.1) is 0 Å². The molecule has 12 heavy (non-hydrogen) atoms. The molecule has 1 aliphatic rings. The summed E-state index contributed by atoms with van der Waals surface area (Å²) >= 11 is 0. The third-order valence-electron chi connectivity index (χ3n) is 2.16. The number of carbonyl (C=O) groups is 1. The lowest BCUT2D eigenvalue weighted by Gasteiger charge is -2.29. The average molecular weight is 173 g/mol. The lowest BCUT2D eigenvalue weighted by Crippen LogP contribution is -2.46. The molecule has 1 unspecified atom stereocenters. The van der Waals surface area contributed by atoms with E-state index in [0.29, 0.717) is 0 Å². The SMILES string of the molecule is CC(O)(CN)C(=O)OC1CCC1. The molecule has 1 atom stereocenters. The fourth-order valence-corrected chi connectivity index (χ4v) is 0.850. The zero-order chi connectivity index (χ0) is 9.19. The van der Waals surface area contributed by atoms with Gasteiger partial charge in [-0.3, -0.25) is 0 Å². The van der Waals surface area contributed by atoms with Gasteiger partial charge in [-0.2, -0.15) is 0 Å². The Morgan fingerprint density at radius 3 is 2.67 bits per heavy atom. The third-order valence-corrected chi connectivity index (χ3v) is 2.16. The molecule has 0 heterocycles. The van der Waals surface area contributed by atoms with Crippen LogP contribution in [-0.4, -0.2) is 29.3 Å². The topological polar surface area (TPSA) is 72.5 Å². The van der Waals surface area contributed by atoms with Crippen molar-refractivity contribution in [2.75, 3.05) is 6.54 Å². The molecule has 0 aromatic heterocycles. The molecular weight excluding hydrogens is 158 g/mol. The van der Waals surface area contributed by atoms with Crippen molar-refractivity contribution in [1.29, 1.82) is 0 Å². The van der Waals surface area contributed by atoms with Gasteiger partial charge < -0.3 is 15.6 Å². The Kier molecular flexibility index (Phi) is 2.69. The van der Waals surface area contributed by atoms with Crippen molar-refractivity contribution in [2.24, 2.45) is 5.73 Å². The minimum atomic E-state index is -1.52. The summed E-state index contributed by atoms with van der Waals surface area (Å²) in [5.74, 6) is -0.602. The number of esters is 1. The normalized spacial score (nSPS) is 22.6. The Balaban J connectivity index is 2.35. The Morgan fingerprint density at radius 2 is 2.33 bits per heavy atom. The van der Waals surface area contributed by atoms with E-state index in [1.54, 1.807) is 0 Å². The van der Waals surface area contributed by atoms with Gasteiger partial charge in [-0.05, 0) is 26.2 Å². The van der Waals surface area contributed by atoms with Crippen molar-refractivity contribution < 1.29 is 14.6 Å². The van der Waals surface area contributed by atoms with Crippen LogP contribution in [0.15, 0.2) is 0 Å². The molecule has 3 N–H and O–H groups in total. The van der Waals surface area contributed by atoms with Crippen molar-refractivity contribution in [3.63, 3.8) is 0 Å². The van der Waals surface area contributed by atoms with Gasteiger partial charge in [0.1, 0.15) is 6.10 Å². The molecule has 0 saturated heterocycles. The van der Waals surface area contributed by atoms with E-state index in [2.05, 4.69) is 0 Å². The van der Waals surface area contributed by atoms with Crippen LogP contribution >= 0.6 is 0 Å². The molecule has 0 aliphatic heterocycles. The standard InChI is InChI=1S/C8H15NO3/c1-8(11,5-9)7(10)12-6-3-2-4-6/h6,11H,2-5,9H2,1H3. The van der Waals surface area contributed by atoms with Crippen LogP contribution in [0.3, 0.4) is 0 Å². The molecule has 70 valence electrons. The van der Waals surface area contributed by atoms with E-state index in [4.69, 9.17) is 10.5 Å². The van der Waals surface area contributed by atoms with Crippen LogP contribution in [0.25, 0.3) is 0 Å². The second-order valence-corrected chi connectivity index (χ2v) is 3.44. The minimum Gasteiger partial charge on any atom is -0.460 e. The fraction of sp³-hybridized carbons (Fsp3) is 0.875. The lowest BCUT2D eigenvalue weighted by molar-refractivity contribution is -0.172. The summed E-state index contributed by atoms with van der Waals surface area (Å²) in [5.41, 5.74) is 3.67. The summed E-state index contributed by atoms with van der Waals surface area (Å²) < 4.78 is 4.97. The molecule has 1 aliphatic carbocycles. The van der Waals surface area contributed by atoms with Crippen LogP contribution in [0.2, 0.25) is 0 Å². The second-order valence-electron chi connectivity index (χ2n) is 3.44. The van der Waals surface area contributed by atoms with Gasteiger partial charge in [0.25, 0.3) is 0 Å². The molecule has 4 heteroatoms. The largest absolute Gasteiger partial charge is 0.460 e. The molecular formula is C8H15NO3. The maximum atomic E-state index is 11.1. The fourth-order valence-electron chi connectivity index (χ4n) is 0.850. The summed E-state index contributed by atoms with van der Waals surface area (Å²) in [7, 11) is 0. The first kappa shape index (κ1) is 9.48. The minimum absolute atomic E-state index is 0.00975. The Morgan fingerprint density at radius 1 is 1.75 bits per heavy atom. The van der Waals surface area contributed by atoms with E-state index in [-0.39, 0.29) is 12.6 Å². The third kappa shape index (κ3) is 1.95. The Bertz CT molecular complexity index is 175. The number of nitrogens with two attached hydrogens (primary N) is 1. The van der Waals surface area contributed by atoms with Gasteiger partial charge in [-0.15, -0.1) is 0 Å². The molecule has 0 amide bonds. The molecule has 1 rings (SSSR count). The highest BCUT2D eigenvalue weighted by atomic mass is 16.6. The lowest BCUT2D eigenvalue weighted by atomic mass is 9.96. The van der Waals surface area contributed by atoms with Crippen LogP contribution in [-0.2, 0) is 9.53 Å². The van der Waals surface area contributed by atoms with Crippen molar-refractivity contribution in [1.82, 2.24) is 0 Å². The highest BCUT2D eigenvalue weighted by Crippen LogP contribution is 2.23. The summed E-state index contributed by atoms with van der Waals surface area (Å²) in [6.07, 6.45) is 2.93. The van der Waals surface area contributed by atoms with Gasteiger partial charge in [-0.1, -0.05) is 0 Å². The summed E-state index contributed by atoms with van der Waals surface area (Å²) in [6, 6.07) is 0. The van der Waals surface area contributed by atoms with E-state index >= 15 is 0 Å². The highest BCUT2D eigenvalue weighted by Gasteiger charge is 2.33. The molecule has 0 bridgehead atoms. The van der Waals surface area contributed by atoms with Crippen LogP contribution in [0.5, 0.6) is 0 Å². The number of hydrogen-bond acceptors (Lipinski definition) is 4. The molecule has 1 fully saturated rings. The van der Waals surface area contributed by atoms with Gasteiger partial charge in [0.15, 0.2) is 5.60 Å². The van der Waals surface area contributed by atoms with Gasteiger partial charge in [0.2, 0.25) is 0 Å². The maximum absolute atomic E-state index is 11.1. The van der Waals surface area contributed by atoms with Crippen LogP contribution < -0.4 is 5.73 Å². The number of ether oxygens (including phenoxy) is 1. The van der Waals surface area contributed by atoms with Gasteiger partial charge in [0, 0.05) is 6.54 Å². The summed E-state index contributed by atoms with van der Waals surface area (Å²) in [5, 5.41) is 9.36. The monoisotopic (exact) mass is 173 g/mol. The number of aliphatic hydroxyl groups is 1. The van der Waals surface area contributed by atoms with E-state index in [9.17, 15) is 9.90 Å². The number of hydrogen-bond donors (Lipinski definition) is 2. The van der Waals surface area contributed by atoms with Crippen LogP contribution in [0.4, 0.5) is 0 Å². The van der Waals surface area contributed by atoms with E-state index in [0.717, 1.165) is 19.3 Å². The van der Waals surface area contributed by atoms with E-state index < -0.39 is 11.6 Å². The zero-order valence-corrected chi connectivity index (χ0v) is 7.25. The van der Waals surface area contributed by atoms with Crippen molar-refractivity contribution in [3.8, 4) is 0 Å². The van der Waals surface area contributed by atoms with Crippen molar-refractivity contribution in [2.45, 2.75) is 37.9 Å². The molecule has 0 aromatic carbocycles. The Hall–Kier alpha value is -0.610. The molecule has 1 saturated carbocycles. The molecule has 0 aromatic rings. The van der Waals surface area contributed by atoms with Gasteiger partial charge in [-0.25, -0.2) is 4.79 Å². The Labute approximate surface area is 71.7 Å². The van der Waals surface area contributed by atoms with Crippen molar-refractivity contribution >= 4 is 5.97 Å².